The molecule has 1 aromatic heterocycles. The van der Waals surface area contributed by atoms with Crippen LogP contribution < -0.4 is 10.1 Å². The van der Waals surface area contributed by atoms with Gasteiger partial charge in [0, 0.05) is 30.3 Å². The fourth-order valence-corrected chi connectivity index (χ4v) is 2.56. The lowest BCUT2D eigenvalue weighted by atomic mass is 10.1. The minimum Gasteiger partial charge on any atom is -0.496 e. The van der Waals surface area contributed by atoms with Gasteiger partial charge in [0.2, 0.25) is 11.8 Å². The van der Waals surface area contributed by atoms with E-state index < -0.39 is 6.04 Å². The van der Waals surface area contributed by atoms with E-state index in [0.29, 0.717) is 19.5 Å². The first kappa shape index (κ1) is 15.3. The molecule has 0 radical (unpaired) electrons. The molecule has 1 saturated heterocycles. The van der Waals surface area contributed by atoms with Crippen LogP contribution in [-0.2, 0) is 16.1 Å². The van der Waals surface area contributed by atoms with Crippen LogP contribution in [0.1, 0.15) is 30.2 Å². The molecule has 0 saturated carbocycles. The SMILES string of the molecule is COc1c(C)cnc(CN2CCC(=O)NC(C)C2=O)c1C. The number of aryl methyl sites for hydroxylation is 1. The third-order valence-corrected chi connectivity index (χ3v) is 3.76. The Morgan fingerprint density at radius 2 is 2.14 bits per heavy atom. The standard InChI is InChI=1S/C15H21N3O3/c1-9-7-16-12(10(2)14(9)21-4)8-18-6-5-13(19)17-11(3)15(18)20/h7,11H,5-6,8H2,1-4H3,(H,17,19). The molecule has 6 heteroatoms. The number of aromatic nitrogens is 1. The van der Waals surface area contributed by atoms with Gasteiger partial charge in [-0.15, -0.1) is 0 Å². The topological polar surface area (TPSA) is 71.5 Å². The lowest BCUT2D eigenvalue weighted by Gasteiger charge is -2.23. The van der Waals surface area contributed by atoms with Gasteiger partial charge in [-0.2, -0.15) is 0 Å². The average Bonchev–Trinajstić information content (AvgIpc) is 2.55. The third kappa shape index (κ3) is 3.15. The normalized spacial score (nSPS) is 19.2. The van der Waals surface area contributed by atoms with Crippen LogP contribution in [0.5, 0.6) is 5.75 Å². The molecule has 2 heterocycles. The average molecular weight is 291 g/mol. The fraction of sp³-hybridized carbons (Fsp3) is 0.533. The number of rotatable bonds is 3. The molecule has 2 amide bonds. The molecule has 0 aromatic carbocycles. The van der Waals surface area contributed by atoms with Crippen molar-refractivity contribution in [3.63, 3.8) is 0 Å². The Morgan fingerprint density at radius 3 is 2.81 bits per heavy atom. The van der Waals surface area contributed by atoms with Crippen LogP contribution in [0.25, 0.3) is 0 Å². The van der Waals surface area contributed by atoms with Crippen LogP contribution in [0.2, 0.25) is 0 Å². The maximum atomic E-state index is 12.3. The third-order valence-electron chi connectivity index (χ3n) is 3.76. The summed E-state index contributed by atoms with van der Waals surface area (Å²) in [7, 11) is 1.63. The van der Waals surface area contributed by atoms with E-state index in [4.69, 9.17) is 4.74 Å². The van der Waals surface area contributed by atoms with Gasteiger partial charge in [-0.3, -0.25) is 14.6 Å². The van der Waals surface area contributed by atoms with Crippen molar-refractivity contribution in [2.45, 2.75) is 39.8 Å². The molecular formula is C15H21N3O3. The number of methoxy groups -OCH3 is 1. The van der Waals surface area contributed by atoms with E-state index >= 15 is 0 Å². The molecule has 1 fully saturated rings. The van der Waals surface area contributed by atoms with E-state index in [0.717, 1.165) is 22.6 Å². The second-order valence-electron chi connectivity index (χ2n) is 5.35. The Labute approximate surface area is 124 Å². The van der Waals surface area contributed by atoms with Crippen molar-refractivity contribution in [1.29, 1.82) is 0 Å². The zero-order valence-corrected chi connectivity index (χ0v) is 12.9. The lowest BCUT2D eigenvalue weighted by Crippen LogP contribution is -2.42. The molecule has 0 aliphatic carbocycles. The highest BCUT2D eigenvalue weighted by Crippen LogP contribution is 2.25. The zero-order valence-electron chi connectivity index (χ0n) is 12.9. The number of carbonyl (C=O) groups is 2. The first-order valence-corrected chi connectivity index (χ1v) is 7.01. The first-order chi connectivity index (χ1) is 9.93. The second kappa shape index (κ2) is 6.11. The lowest BCUT2D eigenvalue weighted by molar-refractivity contribution is -0.133. The van der Waals surface area contributed by atoms with E-state index in [2.05, 4.69) is 10.3 Å². The van der Waals surface area contributed by atoms with Gasteiger partial charge in [0.1, 0.15) is 11.8 Å². The van der Waals surface area contributed by atoms with Crippen molar-refractivity contribution in [3.8, 4) is 5.75 Å². The Bertz CT molecular complexity index is 572. The van der Waals surface area contributed by atoms with Crippen molar-refractivity contribution >= 4 is 11.8 Å². The van der Waals surface area contributed by atoms with Crippen molar-refractivity contribution in [2.24, 2.45) is 0 Å². The second-order valence-corrected chi connectivity index (χ2v) is 5.35. The Balaban J connectivity index is 2.25. The van der Waals surface area contributed by atoms with Gasteiger partial charge in [-0.1, -0.05) is 0 Å². The smallest absolute Gasteiger partial charge is 0.245 e. The first-order valence-electron chi connectivity index (χ1n) is 7.01. The number of ether oxygens (including phenoxy) is 1. The number of hydrogen-bond acceptors (Lipinski definition) is 4. The predicted octanol–water partition coefficient (Wildman–Crippen LogP) is 0.944. The van der Waals surface area contributed by atoms with Crippen molar-refractivity contribution < 1.29 is 14.3 Å². The minimum atomic E-state index is -0.493. The van der Waals surface area contributed by atoms with Gasteiger partial charge in [0.15, 0.2) is 0 Å². The molecule has 1 aliphatic heterocycles. The summed E-state index contributed by atoms with van der Waals surface area (Å²) in [5.41, 5.74) is 2.69. The molecule has 1 aliphatic rings. The van der Waals surface area contributed by atoms with Crippen molar-refractivity contribution in [3.05, 3.63) is 23.0 Å². The van der Waals surface area contributed by atoms with E-state index in [1.165, 1.54) is 0 Å². The molecule has 1 aromatic rings. The summed E-state index contributed by atoms with van der Waals surface area (Å²) in [5, 5.41) is 2.68. The molecule has 114 valence electrons. The van der Waals surface area contributed by atoms with Crippen LogP contribution in [0, 0.1) is 13.8 Å². The zero-order chi connectivity index (χ0) is 15.6. The van der Waals surface area contributed by atoms with Gasteiger partial charge in [0.05, 0.1) is 19.3 Å². The van der Waals surface area contributed by atoms with Gasteiger partial charge in [-0.25, -0.2) is 0 Å². The summed E-state index contributed by atoms with van der Waals surface area (Å²) < 4.78 is 5.39. The summed E-state index contributed by atoms with van der Waals surface area (Å²) in [6, 6.07) is -0.493. The Kier molecular flexibility index (Phi) is 4.45. The minimum absolute atomic E-state index is 0.0819. The van der Waals surface area contributed by atoms with Crippen molar-refractivity contribution in [2.75, 3.05) is 13.7 Å². The number of nitrogens with zero attached hydrogens (tertiary/aromatic N) is 2. The molecule has 0 spiro atoms. The molecule has 21 heavy (non-hydrogen) atoms. The monoisotopic (exact) mass is 291 g/mol. The predicted molar refractivity (Wildman–Crippen MR) is 77.9 cm³/mol. The highest BCUT2D eigenvalue weighted by Gasteiger charge is 2.27. The Morgan fingerprint density at radius 1 is 1.43 bits per heavy atom. The van der Waals surface area contributed by atoms with Crippen molar-refractivity contribution in [1.82, 2.24) is 15.2 Å². The molecule has 1 unspecified atom stereocenters. The summed E-state index contributed by atoms with van der Waals surface area (Å²) in [6.45, 7) is 6.37. The highest BCUT2D eigenvalue weighted by atomic mass is 16.5. The molecular weight excluding hydrogens is 270 g/mol. The van der Waals surface area contributed by atoms with Crippen LogP contribution in [0.4, 0.5) is 0 Å². The number of pyridine rings is 1. The van der Waals surface area contributed by atoms with E-state index in [1.54, 1.807) is 25.1 Å². The van der Waals surface area contributed by atoms with Crippen LogP contribution in [-0.4, -0.2) is 41.4 Å². The summed E-state index contributed by atoms with van der Waals surface area (Å²) >= 11 is 0. The quantitative estimate of drug-likeness (QED) is 0.900. The number of carbonyl (C=O) groups excluding carboxylic acids is 2. The largest absolute Gasteiger partial charge is 0.496 e. The Hall–Kier alpha value is -2.11. The molecule has 1 atom stereocenters. The van der Waals surface area contributed by atoms with Crippen LogP contribution in [0.3, 0.4) is 0 Å². The van der Waals surface area contributed by atoms with Gasteiger partial charge < -0.3 is 15.0 Å². The van der Waals surface area contributed by atoms with Crippen LogP contribution >= 0.6 is 0 Å². The number of hydrogen-bond donors (Lipinski definition) is 1. The van der Waals surface area contributed by atoms with Crippen LogP contribution in [0.15, 0.2) is 6.20 Å². The number of nitrogens with one attached hydrogen (secondary N) is 1. The van der Waals surface area contributed by atoms with E-state index in [-0.39, 0.29) is 11.8 Å². The molecule has 0 bridgehead atoms. The van der Waals surface area contributed by atoms with Gasteiger partial charge in [-0.05, 0) is 20.8 Å². The summed E-state index contributed by atoms with van der Waals surface area (Å²) in [4.78, 5) is 29.9. The van der Waals surface area contributed by atoms with Gasteiger partial charge in [0.25, 0.3) is 0 Å². The molecule has 2 rings (SSSR count). The van der Waals surface area contributed by atoms with Gasteiger partial charge >= 0.3 is 0 Å². The summed E-state index contributed by atoms with van der Waals surface area (Å²) in [5.74, 6) is 0.621. The number of amides is 2. The van der Waals surface area contributed by atoms with E-state index in [1.807, 2.05) is 13.8 Å². The summed E-state index contributed by atoms with van der Waals surface area (Å²) in [6.07, 6.45) is 2.06. The maximum absolute atomic E-state index is 12.3. The highest BCUT2D eigenvalue weighted by molar-refractivity contribution is 5.89. The maximum Gasteiger partial charge on any atom is 0.245 e. The van der Waals surface area contributed by atoms with E-state index in [9.17, 15) is 9.59 Å². The molecule has 6 nitrogen and oxygen atoms in total. The molecule has 1 N–H and O–H groups in total. The fourth-order valence-electron chi connectivity index (χ4n) is 2.56.